The van der Waals surface area contributed by atoms with Crippen molar-refractivity contribution in [2.75, 3.05) is 26.2 Å². The summed E-state index contributed by atoms with van der Waals surface area (Å²) < 4.78 is 26.0. The number of rotatable bonds is 6. The lowest BCUT2D eigenvalue weighted by atomic mass is 10.2. The summed E-state index contributed by atoms with van der Waals surface area (Å²) in [6, 6.07) is 5.25. The number of benzene rings is 1. The Bertz CT molecular complexity index is 744. The fraction of sp³-hybridized carbons (Fsp3) is 0.357. The third-order valence-corrected chi connectivity index (χ3v) is 5.24. The van der Waals surface area contributed by atoms with E-state index in [0.717, 1.165) is 4.31 Å². The van der Waals surface area contributed by atoms with Gasteiger partial charge in [-0.05, 0) is 24.3 Å². The number of hydrogen-bond donors (Lipinski definition) is 3. The zero-order chi connectivity index (χ0) is 17.7. The highest BCUT2D eigenvalue weighted by Crippen LogP contribution is 2.17. The van der Waals surface area contributed by atoms with Crippen molar-refractivity contribution in [2.24, 2.45) is 0 Å². The molecule has 10 heteroatoms. The van der Waals surface area contributed by atoms with Crippen LogP contribution in [0.1, 0.15) is 16.8 Å². The van der Waals surface area contributed by atoms with Crippen LogP contribution in [0.5, 0.6) is 0 Å². The molecular weight excluding hydrogens is 338 g/mol. The van der Waals surface area contributed by atoms with E-state index in [9.17, 15) is 22.8 Å². The summed E-state index contributed by atoms with van der Waals surface area (Å²) >= 11 is 0. The molecule has 0 spiro atoms. The van der Waals surface area contributed by atoms with Gasteiger partial charge < -0.3 is 15.7 Å². The fourth-order valence-corrected chi connectivity index (χ4v) is 3.53. The van der Waals surface area contributed by atoms with Crippen molar-refractivity contribution >= 4 is 27.8 Å². The van der Waals surface area contributed by atoms with E-state index in [1.165, 1.54) is 24.3 Å². The van der Waals surface area contributed by atoms with Crippen molar-refractivity contribution in [3.05, 3.63) is 29.8 Å². The minimum Gasteiger partial charge on any atom is -0.481 e. The number of nitrogens with zero attached hydrogens (tertiary/aromatic N) is 1. The molecule has 1 aliphatic rings. The number of carbonyl (C=O) groups is 3. The molecule has 1 aromatic carbocycles. The monoisotopic (exact) mass is 355 g/mol. The zero-order valence-electron chi connectivity index (χ0n) is 12.7. The van der Waals surface area contributed by atoms with E-state index < -0.39 is 21.9 Å². The summed E-state index contributed by atoms with van der Waals surface area (Å²) in [6.45, 7) is 0.185. The molecule has 1 aromatic rings. The molecule has 1 heterocycles. The number of aliphatic carboxylic acids is 1. The first-order valence-electron chi connectivity index (χ1n) is 7.17. The summed E-state index contributed by atoms with van der Waals surface area (Å²) in [5.74, 6) is -1.88. The smallest absolute Gasteiger partial charge is 0.305 e. The molecule has 9 nitrogen and oxygen atoms in total. The molecule has 1 saturated heterocycles. The molecule has 0 radical (unpaired) electrons. The second kappa shape index (κ2) is 7.41. The second-order valence-electron chi connectivity index (χ2n) is 5.11. The molecule has 0 bridgehead atoms. The van der Waals surface area contributed by atoms with Gasteiger partial charge in [-0.25, -0.2) is 8.42 Å². The van der Waals surface area contributed by atoms with Gasteiger partial charge in [0.15, 0.2) is 0 Å². The standard InChI is InChI=1S/C14H17N3O6S/c18-12-9-17(8-7-15-12)24(22,23)11-3-1-10(2-4-11)14(21)16-6-5-13(19)20/h1-4H,5-9H2,(H,15,18)(H,16,21)(H,19,20). The lowest BCUT2D eigenvalue weighted by Gasteiger charge is -2.25. The van der Waals surface area contributed by atoms with E-state index in [1.54, 1.807) is 0 Å². The fourth-order valence-electron chi connectivity index (χ4n) is 2.13. The van der Waals surface area contributed by atoms with Gasteiger partial charge in [-0.15, -0.1) is 0 Å². The van der Waals surface area contributed by atoms with Crippen LogP contribution < -0.4 is 10.6 Å². The highest BCUT2D eigenvalue weighted by Gasteiger charge is 2.29. The van der Waals surface area contributed by atoms with Crippen molar-refractivity contribution in [3.63, 3.8) is 0 Å². The Morgan fingerprint density at radius 3 is 2.50 bits per heavy atom. The molecule has 3 N–H and O–H groups in total. The zero-order valence-corrected chi connectivity index (χ0v) is 13.5. The molecule has 2 amide bonds. The minimum absolute atomic E-state index is 0.0146. The average molecular weight is 355 g/mol. The molecule has 0 aliphatic carbocycles. The highest BCUT2D eigenvalue weighted by molar-refractivity contribution is 7.89. The summed E-state index contributed by atoms with van der Waals surface area (Å²) in [7, 11) is -3.80. The SMILES string of the molecule is O=C(O)CCNC(=O)c1ccc(S(=O)(=O)N2CCNC(=O)C2)cc1. The molecule has 0 unspecified atom stereocenters. The lowest BCUT2D eigenvalue weighted by molar-refractivity contribution is -0.136. The molecule has 1 aliphatic heterocycles. The number of hydrogen-bond acceptors (Lipinski definition) is 5. The van der Waals surface area contributed by atoms with Gasteiger partial charge in [-0.1, -0.05) is 0 Å². The van der Waals surface area contributed by atoms with Crippen LogP contribution in [0.2, 0.25) is 0 Å². The van der Waals surface area contributed by atoms with Gasteiger partial charge in [0.25, 0.3) is 5.91 Å². The van der Waals surface area contributed by atoms with Crippen molar-refractivity contribution in [1.82, 2.24) is 14.9 Å². The Balaban J connectivity index is 2.06. The third-order valence-electron chi connectivity index (χ3n) is 3.38. The van der Waals surface area contributed by atoms with E-state index in [-0.39, 0.29) is 49.0 Å². The molecule has 1 fully saturated rings. The Labute approximate surface area is 138 Å². The van der Waals surface area contributed by atoms with Crippen LogP contribution in [-0.2, 0) is 19.6 Å². The topological polar surface area (TPSA) is 133 Å². The van der Waals surface area contributed by atoms with Gasteiger partial charge in [0.2, 0.25) is 15.9 Å². The van der Waals surface area contributed by atoms with Crippen LogP contribution in [0.4, 0.5) is 0 Å². The van der Waals surface area contributed by atoms with Crippen LogP contribution in [-0.4, -0.2) is 61.8 Å². The molecule has 0 aromatic heterocycles. The predicted molar refractivity (Wildman–Crippen MR) is 82.8 cm³/mol. The quantitative estimate of drug-likeness (QED) is 0.600. The number of amides is 2. The van der Waals surface area contributed by atoms with Crippen molar-refractivity contribution < 1.29 is 27.9 Å². The van der Waals surface area contributed by atoms with Gasteiger partial charge in [0, 0.05) is 25.2 Å². The maximum atomic E-state index is 12.4. The van der Waals surface area contributed by atoms with Gasteiger partial charge in [-0.2, -0.15) is 4.31 Å². The number of carbonyl (C=O) groups excluding carboxylic acids is 2. The largest absolute Gasteiger partial charge is 0.481 e. The lowest BCUT2D eigenvalue weighted by Crippen LogP contribution is -2.49. The van der Waals surface area contributed by atoms with E-state index in [2.05, 4.69) is 10.6 Å². The van der Waals surface area contributed by atoms with E-state index in [0.29, 0.717) is 0 Å². The van der Waals surface area contributed by atoms with Crippen molar-refractivity contribution in [3.8, 4) is 0 Å². The van der Waals surface area contributed by atoms with Crippen molar-refractivity contribution in [1.29, 1.82) is 0 Å². The first-order chi connectivity index (χ1) is 11.3. The number of piperazine rings is 1. The van der Waals surface area contributed by atoms with Crippen LogP contribution in [0.25, 0.3) is 0 Å². The van der Waals surface area contributed by atoms with Gasteiger partial charge in [-0.3, -0.25) is 14.4 Å². The molecule has 130 valence electrons. The minimum atomic E-state index is -3.80. The Hall–Kier alpha value is -2.46. The predicted octanol–water partition coefficient (Wildman–Crippen LogP) is -0.988. The molecule has 24 heavy (non-hydrogen) atoms. The average Bonchev–Trinajstić information content (AvgIpc) is 2.54. The first-order valence-corrected chi connectivity index (χ1v) is 8.61. The maximum Gasteiger partial charge on any atom is 0.305 e. The van der Waals surface area contributed by atoms with Crippen molar-refractivity contribution in [2.45, 2.75) is 11.3 Å². The first kappa shape index (κ1) is 17.9. The maximum absolute atomic E-state index is 12.4. The Morgan fingerprint density at radius 2 is 1.92 bits per heavy atom. The van der Waals surface area contributed by atoms with E-state index in [4.69, 9.17) is 5.11 Å². The summed E-state index contributed by atoms with van der Waals surface area (Å²) in [5.41, 5.74) is 0.218. The van der Waals surface area contributed by atoms with Crippen LogP contribution in [0.3, 0.4) is 0 Å². The number of carboxylic acids is 1. The van der Waals surface area contributed by atoms with Crippen LogP contribution in [0.15, 0.2) is 29.2 Å². The third kappa shape index (κ3) is 4.30. The van der Waals surface area contributed by atoms with Gasteiger partial charge in [0.05, 0.1) is 17.9 Å². The van der Waals surface area contributed by atoms with Gasteiger partial charge >= 0.3 is 5.97 Å². The van der Waals surface area contributed by atoms with Crippen LogP contribution in [0, 0.1) is 0 Å². The van der Waals surface area contributed by atoms with E-state index >= 15 is 0 Å². The normalized spacial score (nSPS) is 15.6. The van der Waals surface area contributed by atoms with E-state index in [1.807, 2.05) is 0 Å². The summed E-state index contributed by atoms with van der Waals surface area (Å²) in [4.78, 5) is 33.5. The number of nitrogens with one attached hydrogen (secondary N) is 2. The molecular formula is C14H17N3O6S. The van der Waals surface area contributed by atoms with Crippen LogP contribution >= 0.6 is 0 Å². The summed E-state index contributed by atoms with van der Waals surface area (Å²) in [6.07, 6.45) is -0.199. The molecule has 0 saturated carbocycles. The highest BCUT2D eigenvalue weighted by atomic mass is 32.2. The number of sulfonamides is 1. The second-order valence-corrected chi connectivity index (χ2v) is 7.05. The Kier molecular flexibility index (Phi) is 5.52. The Morgan fingerprint density at radius 1 is 1.25 bits per heavy atom. The summed E-state index contributed by atoms with van der Waals surface area (Å²) in [5, 5.41) is 13.5. The molecule has 0 atom stereocenters. The molecule has 2 rings (SSSR count). The number of carboxylic acid groups (broad SMARTS) is 1. The van der Waals surface area contributed by atoms with Gasteiger partial charge in [0.1, 0.15) is 0 Å².